The standard InChI is InChI=1S/C13H20N4O2/c1-8(2)12-13(19)16(7-11(18)15-12)10-5-14-17(6-10)9(3)4/h5-6,8-9,12H,7H2,1-4H3,(H,15,18). The Kier molecular flexibility index (Phi) is 3.59. The third-order valence-electron chi connectivity index (χ3n) is 3.25. The smallest absolute Gasteiger partial charge is 0.250 e. The Balaban J connectivity index is 2.26. The number of nitrogens with zero attached hydrogens (tertiary/aromatic N) is 3. The Hall–Kier alpha value is -1.85. The van der Waals surface area contributed by atoms with Gasteiger partial charge >= 0.3 is 0 Å². The minimum atomic E-state index is -0.455. The van der Waals surface area contributed by atoms with Crippen LogP contribution < -0.4 is 10.2 Å². The Morgan fingerprint density at radius 2 is 2.00 bits per heavy atom. The molecule has 6 nitrogen and oxygen atoms in total. The summed E-state index contributed by atoms with van der Waals surface area (Å²) in [4.78, 5) is 25.6. The van der Waals surface area contributed by atoms with Crippen LogP contribution in [0.4, 0.5) is 5.69 Å². The first-order chi connectivity index (χ1) is 8.90. The van der Waals surface area contributed by atoms with E-state index in [1.54, 1.807) is 17.1 Å². The molecule has 0 aliphatic carbocycles. The van der Waals surface area contributed by atoms with E-state index in [2.05, 4.69) is 10.4 Å². The maximum Gasteiger partial charge on any atom is 0.250 e. The topological polar surface area (TPSA) is 67.2 Å². The third kappa shape index (κ3) is 2.62. The zero-order valence-electron chi connectivity index (χ0n) is 11.8. The highest BCUT2D eigenvalue weighted by Gasteiger charge is 2.35. The largest absolute Gasteiger partial charge is 0.342 e. The molecule has 1 aliphatic rings. The van der Waals surface area contributed by atoms with Gasteiger partial charge in [0.05, 0.1) is 11.9 Å². The van der Waals surface area contributed by atoms with Crippen LogP contribution in [0.1, 0.15) is 33.7 Å². The lowest BCUT2D eigenvalue weighted by atomic mass is 10.0. The average molecular weight is 264 g/mol. The van der Waals surface area contributed by atoms with E-state index in [-0.39, 0.29) is 30.3 Å². The van der Waals surface area contributed by atoms with Crippen LogP contribution in [-0.4, -0.2) is 34.2 Å². The highest BCUT2D eigenvalue weighted by molar-refractivity contribution is 6.06. The van der Waals surface area contributed by atoms with Gasteiger partial charge in [0, 0.05) is 12.2 Å². The van der Waals surface area contributed by atoms with Crippen molar-refractivity contribution in [3.63, 3.8) is 0 Å². The molecule has 0 radical (unpaired) electrons. The predicted molar refractivity (Wildman–Crippen MR) is 71.7 cm³/mol. The third-order valence-corrected chi connectivity index (χ3v) is 3.25. The van der Waals surface area contributed by atoms with E-state index in [4.69, 9.17) is 0 Å². The molecule has 6 heteroatoms. The SMILES string of the molecule is CC(C)C1NC(=O)CN(c2cnn(C(C)C)c2)C1=O. The number of rotatable bonds is 3. The zero-order valence-corrected chi connectivity index (χ0v) is 11.8. The number of piperazine rings is 1. The first-order valence-corrected chi connectivity index (χ1v) is 6.55. The van der Waals surface area contributed by atoms with E-state index < -0.39 is 6.04 Å². The number of amides is 2. The van der Waals surface area contributed by atoms with Crippen LogP contribution in [0, 0.1) is 5.92 Å². The van der Waals surface area contributed by atoms with Gasteiger partial charge in [-0.25, -0.2) is 0 Å². The fourth-order valence-electron chi connectivity index (χ4n) is 2.09. The number of hydrogen-bond donors (Lipinski definition) is 1. The number of hydrogen-bond acceptors (Lipinski definition) is 3. The summed E-state index contributed by atoms with van der Waals surface area (Å²) >= 11 is 0. The highest BCUT2D eigenvalue weighted by atomic mass is 16.2. The molecule has 1 unspecified atom stereocenters. The average Bonchev–Trinajstić information content (AvgIpc) is 2.80. The molecule has 2 amide bonds. The van der Waals surface area contributed by atoms with Crippen molar-refractivity contribution in [2.24, 2.45) is 5.92 Å². The van der Waals surface area contributed by atoms with Gasteiger partial charge in [0.2, 0.25) is 11.8 Å². The molecule has 0 aromatic carbocycles. The Morgan fingerprint density at radius 3 is 2.53 bits per heavy atom. The van der Waals surface area contributed by atoms with Crippen molar-refractivity contribution in [1.82, 2.24) is 15.1 Å². The Labute approximate surface area is 112 Å². The highest BCUT2D eigenvalue weighted by Crippen LogP contribution is 2.20. The normalized spacial score (nSPS) is 20.3. The van der Waals surface area contributed by atoms with Crippen LogP contribution >= 0.6 is 0 Å². The number of anilines is 1. The molecular formula is C13H20N4O2. The lowest BCUT2D eigenvalue weighted by Gasteiger charge is -2.33. The van der Waals surface area contributed by atoms with Crippen LogP contribution in [0.2, 0.25) is 0 Å². The van der Waals surface area contributed by atoms with Crippen LogP contribution in [0.15, 0.2) is 12.4 Å². The second-order valence-corrected chi connectivity index (χ2v) is 5.49. The maximum absolute atomic E-state index is 12.4. The first kappa shape index (κ1) is 13.6. The summed E-state index contributed by atoms with van der Waals surface area (Å²) in [6.45, 7) is 7.93. The summed E-state index contributed by atoms with van der Waals surface area (Å²) in [5, 5.41) is 6.95. The van der Waals surface area contributed by atoms with Crippen molar-refractivity contribution < 1.29 is 9.59 Å². The summed E-state index contributed by atoms with van der Waals surface area (Å²) < 4.78 is 1.78. The van der Waals surface area contributed by atoms with Crippen molar-refractivity contribution in [2.75, 3.05) is 11.4 Å². The summed E-state index contributed by atoms with van der Waals surface area (Å²) in [6, 6.07) is -0.230. The molecule has 1 aromatic rings. The molecule has 2 rings (SSSR count). The molecule has 1 N–H and O–H groups in total. The lowest BCUT2D eigenvalue weighted by molar-refractivity contribution is -0.132. The molecule has 1 atom stereocenters. The van der Waals surface area contributed by atoms with Crippen molar-refractivity contribution in [3.05, 3.63) is 12.4 Å². The first-order valence-electron chi connectivity index (χ1n) is 6.55. The maximum atomic E-state index is 12.4. The molecule has 2 heterocycles. The monoisotopic (exact) mass is 264 g/mol. The van der Waals surface area contributed by atoms with Gasteiger partial charge in [-0.15, -0.1) is 0 Å². The number of nitrogens with one attached hydrogen (secondary N) is 1. The van der Waals surface area contributed by atoms with Crippen molar-refractivity contribution in [1.29, 1.82) is 0 Å². The minimum Gasteiger partial charge on any atom is -0.342 e. The zero-order chi connectivity index (χ0) is 14.2. The fourth-order valence-corrected chi connectivity index (χ4v) is 2.09. The molecular weight excluding hydrogens is 244 g/mol. The summed E-state index contributed by atoms with van der Waals surface area (Å²) in [5.74, 6) is -0.132. The lowest BCUT2D eigenvalue weighted by Crippen LogP contribution is -2.60. The summed E-state index contributed by atoms with van der Waals surface area (Å²) in [7, 11) is 0. The van der Waals surface area contributed by atoms with Crippen LogP contribution in [0.25, 0.3) is 0 Å². The van der Waals surface area contributed by atoms with Gasteiger partial charge in [-0.05, 0) is 19.8 Å². The van der Waals surface area contributed by atoms with Gasteiger partial charge in [0.15, 0.2) is 0 Å². The van der Waals surface area contributed by atoms with Crippen LogP contribution in [-0.2, 0) is 9.59 Å². The van der Waals surface area contributed by atoms with Gasteiger partial charge in [0.25, 0.3) is 0 Å². The second kappa shape index (κ2) is 5.03. The van der Waals surface area contributed by atoms with Crippen LogP contribution in [0.3, 0.4) is 0 Å². The fraction of sp³-hybridized carbons (Fsp3) is 0.615. The molecule has 0 spiro atoms. The molecule has 1 saturated heterocycles. The molecule has 1 aromatic heterocycles. The number of carbonyl (C=O) groups is 2. The van der Waals surface area contributed by atoms with Crippen molar-refractivity contribution in [3.8, 4) is 0 Å². The van der Waals surface area contributed by atoms with E-state index in [0.717, 1.165) is 0 Å². The van der Waals surface area contributed by atoms with E-state index >= 15 is 0 Å². The quantitative estimate of drug-likeness (QED) is 0.884. The van der Waals surface area contributed by atoms with E-state index in [9.17, 15) is 9.59 Å². The Bertz CT molecular complexity index is 493. The second-order valence-electron chi connectivity index (χ2n) is 5.49. The van der Waals surface area contributed by atoms with E-state index in [1.165, 1.54) is 4.90 Å². The van der Waals surface area contributed by atoms with E-state index in [1.807, 2.05) is 27.7 Å². The Morgan fingerprint density at radius 1 is 1.32 bits per heavy atom. The molecule has 104 valence electrons. The van der Waals surface area contributed by atoms with Gasteiger partial charge in [-0.3, -0.25) is 19.2 Å². The molecule has 19 heavy (non-hydrogen) atoms. The predicted octanol–water partition coefficient (Wildman–Crippen LogP) is 0.951. The van der Waals surface area contributed by atoms with Gasteiger partial charge in [-0.2, -0.15) is 5.10 Å². The van der Waals surface area contributed by atoms with Crippen molar-refractivity contribution >= 4 is 17.5 Å². The van der Waals surface area contributed by atoms with Gasteiger partial charge < -0.3 is 5.32 Å². The number of carbonyl (C=O) groups excluding carboxylic acids is 2. The summed E-state index contributed by atoms with van der Waals surface area (Å²) in [5.41, 5.74) is 0.680. The molecule has 0 saturated carbocycles. The number of aromatic nitrogens is 2. The van der Waals surface area contributed by atoms with Gasteiger partial charge in [0.1, 0.15) is 12.6 Å². The van der Waals surface area contributed by atoms with Crippen LogP contribution in [0.5, 0.6) is 0 Å². The molecule has 1 fully saturated rings. The van der Waals surface area contributed by atoms with Gasteiger partial charge in [-0.1, -0.05) is 13.8 Å². The molecule has 1 aliphatic heterocycles. The minimum absolute atomic E-state index is 0.0614. The van der Waals surface area contributed by atoms with Crippen molar-refractivity contribution in [2.45, 2.75) is 39.8 Å². The van der Waals surface area contributed by atoms with E-state index in [0.29, 0.717) is 5.69 Å². The molecule has 0 bridgehead atoms. The summed E-state index contributed by atoms with van der Waals surface area (Å²) in [6.07, 6.45) is 3.44.